The predicted octanol–water partition coefficient (Wildman–Crippen LogP) is 4.25. The molecule has 0 unspecified atom stereocenters. The van der Waals surface area contributed by atoms with E-state index in [1.807, 2.05) is 60.7 Å². The maximum absolute atomic E-state index is 13.0. The second-order valence-corrected chi connectivity index (χ2v) is 5.81. The first-order valence-electron chi connectivity index (χ1n) is 8.42. The molecule has 0 radical (unpaired) electrons. The van der Waals surface area contributed by atoms with Crippen LogP contribution in [0.25, 0.3) is 22.6 Å². The van der Waals surface area contributed by atoms with Crippen LogP contribution in [-0.2, 0) is 6.54 Å². The van der Waals surface area contributed by atoms with Crippen LogP contribution in [-0.4, -0.2) is 9.55 Å². The Morgan fingerprint density at radius 2 is 1.60 bits per heavy atom. The molecule has 0 N–H and O–H groups in total. The Balaban J connectivity index is 2.30. The van der Waals surface area contributed by atoms with Gasteiger partial charge in [0.05, 0.1) is 5.69 Å². The van der Waals surface area contributed by atoms with Gasteiger partial charge in [-0.2, -0.15) is 5.26 Å². The van der Waals surface area contributed by atoms with Gasteiger partial charge in [0, 0.05) is 17.7 Å². The molecule has 3 aromatic rings. The van der Waals surface area contributed by atoms with Crippen molar-refractivity contribution in [3.05, 3.63) is 76.6 Å². The van der Waals surface area contributed by atoms with Crippen LogP contribution in [0.2, 0.25) is 0 Å². The van der Waals surface area contributed by atoms with E-state index in [0.717, 1.165) is 24.0 Å². The van der Waals surface area contributed by atoms with Crippen molar-refractivity contribution in [3.63, 3.8) is 0 Å². The van der Waals surface area contributed by atoms with Gasteiger partial charge in [-0.05, 0) is 6.42 Å². The molecule has 0 atom stereocenters. The van der Waals surface area contributed by atoms with Gasteiger partial charge in [0.2, 0.25) is 0 Å². The fourth-order valence-electron chi connectivity index (χ4n) is 2.79. The summed E-state index contributed by atoms with van der Waals surface area (Å²) in [5.74, 6) is 0.608. The highest BCUT2D eigenvalue weighted by molar-refractivity contribution is 5.69. The minimum absolute atomic E-state index is 0.0991. The van der Waals surface area contributed by atoms with Crippen LogP contribution in [0, 0.1) is 11.3 Å². The van der Waals surface area contributed by atoms with Crippen molar-refractivity contribution in [2.75, 3.05) is 0 Å². The van der Waals surface area contributed by atoms with Crippen molar-refractivity contribution >= 4 is 0 Å². The SMILES string of the molecule is CCCCn1c(-c2ccccc2)nc(-c2ccccc2)c(C#N)c1=O. The molecule has 4 nitrogen and oxygen atoms in total. The molecule has 0 aliphatic heterocycles. The van der Waals surface area contributed by atoms with Gasteiger partial charge in [-0.25, -0.2) is 4.98 Å². The molecule has 3 rings (SSSR count). The van der Waals surface area contributed by atoms with Crippen molar-refractivity contribution in [2.24, 2.45) is 0 Å². The molecule has 1 heterocycles. The Bertz CT molecular complexity index is 954. The molecule has 0 fully saturated rings. The van der Waals surface area contributed by atoms with Gasteiger partial charge >= 0.3 is 0 Å². The number of benzene rings is 2. The molecule has 0 aliphatic rings. The average Bonchev–Trinajstić information content (AvgIpc) is 2.67. The van der Waals surface area contributed by atoms with Crippen molar-refractivity contribution in [3.8, 4) is 28.7 Å². The molecular formula is C21H19N3O. The van der Waals surface area contributed by atoms with Crippen LogP contribution in [0.3, 0.4) is 0 Å². The lowest BCUT2D eigenvalue weighted by molar-refractivity contribution is 0.609. The molecule has 0 bridgehead atoms. The normalized spacial score (nSPS) is 10.4. The Hall–Kier alpha value is -3.19. The summed E-state index contributed by atoms with van der Waals surface area (Å²) in [4.78, 5) is 17.7. The zero-order valence-corrected chi connectivity index (χ0v) is 14.1. The molecule has 0 spiro atoms. The van der Waals surface area contributed by atoms with E-state index in [0.29, 0.717) is 18.1 Å². The summed E-state index contributed by atoms with van der Waals surface area (Å²) in [5.41, 5.74) is 1.92. The van der Waals surface area contributed by atoms with E-state index >= 15 is 0 Å². The lowest BCUT2D eigenvalue weighted by Gasteiger charge is -2.15. The van der Waals surface area contributed by atoms with Crippen LogP contribution in [0.5, 0.6) is 0 Å². The van der Waals surface area contributed by atoms with Crippen molar-refractivity contribution < 1.29 is 0 Å². The summed E-state index contributed by atoms with van der Waals surface area (Å²) in [7, 11) is 0. The summed E-state index contributed by atoms with van der Waals surface area (Å²) >= 11 is 0. The lowest BCUT2D eigenvalue weighted by Crippen LogP contribution is -2.26. The topological polar surface area (TPSA) is 58.7 Å². The molecule has 0 amide bonds. The summed E-state index contributed by atoms with van der Waals surface area (Å²) in [6.07, 6.45) is 1.82. The van der Waals surface area contributed by atoms with Crippen LogP contribution >= 0.6 is 0 Å². The van der Waals surface area contributed by atoms with Gasteiger partial charge in [-0.15, -0.1) is 0 Å². The van der Waals surface area contributed by atoms with E-state index in [9.17, 15) is 10.1 Å². The largest absolute Gasteiger partial charge is 0.291 e. The minimum Gasteiger partial charge on any atom is -0.291 e. The maximum Gasteiger partial charge on any atom is 0.272 e. The van der Waals surface area contributed by atoms with Gasteiger partial charge in [0.1, 0.15) is 17.5 Å². The second kappa shape index (κ2) is 7.59. The van der Waals surface area contributed by atoms with Crippen LogP contribution in [0.15, 0.2) is 65.5 Å². The smallest absolute Gasteiger partial charge is 0.272 e. The third kappa shape index (κ3) is 3.36. The highest BCUT2D eigenvalue weighted by Gasteiger charge is 2.18. The first-order valence-corrected chi connectivity index (χ1v) is 8.42. The van der Waals surface area contributed by atoms with E-state index in [-0.39, 0.29) is 11.1 Å². The van der Waals surface area contributed by atoms with Gasteiger partial charge in [0.15, 0.2) is 0 Å². The van der Waals surface area contributed by atoms with Gasteiger partial charge in [-0.3, -0.25) is 9.36 Å². The fraction of sp³-hybridized carbons (Fsp3) is 0.190. The van der Waals surface area contributed by atoms with Gasteiger partial charge < -0.3 is 0 Å². The highest BCUT2D eigenvalue weighted by atomic mass is 16.1. The molecule has 0 saturated heterocycles. The maximum atomic E-state index is 13.0. The van der Waals surface area contributed by atoms with E-state index in [2.05, 4.69) is 13.0 Å². The predicted molar refractivity (Wildman–Crippen MR) is 99.0 cm³/mol. The van der Waals surface area contributed by atoms with Crippen molar-refractivity contribution in [1.82, 2.24) is 9.55 Å². The molecule has 25 heavy (non-hydrogen) atoms. The quantitative estimate of drug-likeness (QED) is 0.703. The van der Waals surface area contributed by atoms with Crippen molar-refractivity contribution in [1.29, 1.82) is 5.26 Å². The van der Waals surface area contributed by atoms with Gasteiger partial charge in [0.25, 0.3) is 5.56 Å². The van der Waals surface area contributed by atoms with Crippen LogP contribution in [0.4, 0.5) is 0 Å². The first-order chi connectivity index (χ1) is 12.3. The standard InChI is InChI=1S/C21H19N3O/c1-2-3-14-24-20(17-12-8-5-9-13-17)23-19(18(15-22)21(24)25)16-10-6-4-7-11-16/h4-13H,2-3,14H2,1H3. The average molecular weight is 329 g/mol. The Morgan fingerprint density at radius 3 is 2.16 bits per heavy atom. The third-order valence-corrected chi connectivity index (χ3v) is 4.10. The number of nitrogens with zero attached hydrogens (tertiary/aromatic N) is 3. The summed E-state index contributed by atoms with van der Waals surface area (Å²) in [5, 5.41) is 9.57. The van der Waals surface area contributed by atoms with Gasteiger partial charge in [-0.1, -0.05) is 74.0 Å². The zero-order chi connectivity index (χ0) is 17.6. The number of rotatable bonds is 5. The number of hydrogen-bond donors (Lipinski definition) is 0. The molecule has 0 aliphatic carbocycles. The van der Waals surface area contributed by atoms with E-state index in [4.69, 9.17) is 4.98 Å². The fourth-order valence-corrected chi connectivity index (χ4v) is 2.79. The highest BCUT2D eigenvalue weighted by Crippen LogP contribution is 2.24. The number of unbranched alkanes of at least 4 members (excludes halogenated alkanes) is 1. The monoisotopic (exact) mass is 329 g/mol. The van der Waals surface area contributed by atoms with E-state index in [1.165, 1.54) is 0 Å². The Morgan fingerprint density at radius 1 is 1.00 bits per heavy atom. The summed E-state index contributed by atoms with van der Waals surface area (Å²) in [6.45, 7) is 2.63. The molecule has 4 heteroatoms. The van der Waals surface area contributed by atoms with E-state index in [1.54, 1.807) is 4.57 Å². The lowest BCUT2D eigenvalue weighted by atomic mass is 10.1. The van der Waals surface area contributed by atoms with Crippen molar-refractivity contribution in [2.45, 2.75) is 26.3 Å². The summed E-state index contributed by atoms with van der Waals surface area (Å²) < 4.78 is 1.63. The minimum atomic E-state index is -0.274. The molecular weight excluding hydrogens is 310 g/mol. The zero-order valence-electron chi connectivity index (χ0n) is 14.1. The molecule has 124 valence electrons. The van der Waals surface area contributed by atoms with Crippen LogP contribution < -0.4 is 5.56 Å². The second-order valence-electron chi connectivity index (χ2n) is 5.81. The van der Waals surface area contributed by atoms with Crippen LogP contribution in [0.1, 0.15) is 25.3 Å². The number of aromatic nitrogens is 2. The first kappa shape index (κ1) is 16.7. The number of hydrogen-bond acceptors (Lipinski definition) is 3. The Kier molecular flexibility index (Phi) is 5.06. The molecule has 1 aromatic heterocycles. The Labute approximate surface area is 147 Å². The third-order valence-electron chi connectivity index (χ3n) is 4.10. The van der Waals surface area contributed by atoms with E-state index < -0.39 is 0 Å². The summed E-state index contributed by atoms with van der Waals surface area (Å²) in [6, 6.07) is 21.1. The number of nitriles is 1. The molecule has 0 saturated carbocycles. The molecule has 2 aromatic carbocycles.